The van der Waals surface area contributed by atoms with Gasteiger partial charge in [-0.1, -0.05) is 29.3 Å². The summed E-state index contributed by atoms with van der Waals surface area (Å²) in [5.74, 6) is 0. The van der Waals surface area contributed by atoms with Gasteiger partial charge in [0, 0.05) is 10.6 Å². The molecule has 0 unspecified atom stereocenters. The molecule has 0 aliphatic carbocycles. The Morgan fingerprint density at radius 2 is 2.08 bits per heavy atom. The molecule has 0 heterocycles. The van der Waals surface area contributed by atoms with Crippen LogP contribution in [0.4, 0.5) is 0 Å². The Bertz CT molecular complexity index is 359. The number of rotatable bonds is 2. The second-order valence-corrected chi connectivity index (χ2v) is 3.17. The normalized spacial score (nSPS) is 11.4. The standard InChI is InChI=1S/C9H6Cl2O2/c10-7-1-2-8(9(11)3-7)6(4-12)5-13/h1-5,12H/b6-4+. The summed E-state index contributed by atoms with van der Waals surface area (Å²) < 4.78 is 0. The number of halogens is 2. The largest absolute Gasteiger partial charge is 0.515 e. The Morgan fingerprint density at radius 1 is 1.38 bits per heavy atom. The molecule has 0 aliphatic heterocycles. The molecule has 4 heteroatoms. The van der Waals surface area contributed by atoms with Crippen LogP contribution in [-0.2, 0) is 4.79 Å². The fourth-order valence-electron chi connectivity index (χ4n) is 0.887. The molecule has 0 saturated heterocycles. The Balaban J connectivity index is 3.22. The molecule has 2 nitrogen and oxygen atoms in total. The van der Waals surface area contributed by atoms with E-state index in [1.54, 1.807) is 12.1 Å². The Kier molecular flexibility index (Phi) is 3.34. The topological polar surface area (TPSA) is 37.3 Å². The number of hydrogen-bond acceptors (Lipinski definition) is 2. The zero-order valence-corrected chi connectivity index (χ0v) is 8.01. The number of aliphatic hydroxyl groups excluding tert-OH is 1. The van der Waals surface area contributed by atoms with E-state index in [2.05, 4.69) is 0 Å². The van der Waals surface area contributed by atoms with Crippen LogP contribution in [0.15, 0.2) is 24.5 Å². The number of allylic oxidation sites excluding steroid dienone is 1. The molecule has 0 fully saturated rings. The van der Waals surface area contributed by atoms with E-state index in [-0.39, 0.29) is 5.57 Å². The van der Waals surface area contributed by atoms with E-state index in [0.29, 0.717) is 28.2 Å². The molecule has 0 atom stereocenters. The minimum Gasteiger partial charge on any atom is -0.515 e. The van der Waals surface area contributed by atoms with Gasteiger partial charge in [0.15, 0.2) is 6.29 Å². The van der Waals surface area contributed by atoms with Crippen molar-refractivity contribution < 1.29 is 9.90 Å². The van der Waals surface area contributed by atoms with Crippen LogP contribution >= 0.6 is 23.2 Å². The molecule has 0 aromatic heterocycles. The maximum Gasteiger partial charge on any atom is 0.153 e. The zero-order valence-electron chi connectivity index (χ0n) is 6.50. The van der Waals surface area contributed by atoms with Crippen molar-refractivity contribution in [1.29, 1.82) is 0 Å². The maximum absolute atomic E-state index is 10.5. The highest BCUT2D eigenvalue weighted by Crippen LogP contribution is 2.25. The van der Waals surface area contributed by atoms with Crippen LogP contribution in [0, 0.1) is 0 Å². The molecule has 13 heavy (non-hydrogen) atoms. The minimum absolute atomic E-state index is 0.127. The van der Waals surface area contributed by atoms with Crippen LogP contribution in [0.25, 0.3) is 5.57 Å². The lowest BCUT2D eigenvalue weighted by molar-refractivity contribution is -0.103. The fraction of sp³-hybridized carbons (Fsp3) is 0. The summed E-state index contributed by atoms with van der Waals surface area (Å²) in [5, 5.41) is 9.50. The summed E-state index contributed by atoms with van der Waals surface area (Å²) in [5.41, 5.74) is 0.588. The molecule has 0 amide bonds. The third-order valence-electron chi connectivity index (χ3n) is 1.51. The van der Waals surface area contributed by atoms with E-state index in [1.807, 2.05) is 0 Å². The van der Waals surface area contributed by atoms with Crippen molar-refractivity contribution in [3.63, 3.8) is 0 Å². The second-order valence-electron chi connectivity index (χ2n) is 2.33. The first kappa shape index (κ1) is 10.1. The van der Waals surface area contributed by atoms with Gasteiger partial charge in [0.25, 0.3) is 0 Å². The lowest BCUT2D eigenvalue weighted by atomic mass is 10.1. The van der Waals surface area contributed by atoms with Gasteiger partial charge in [0.1, 0.15) is 0 Å². The van der Waals surface area contributed by atoms with Crippen LogP contribution in [0.1, 0.15) is 5.56 Å². The number of aldehydes is 1. The highest BCUT2D eigenvalue weighted by molar-refractivity contribution is 6.36. The number of carbonyl (C=O) groups is 1. The first-order valence-corrected chi connectivity index (χ1v) is 4.19. The molecule has 0 radical (unpaired) electrons. The van der Waals surface area contributed by atoms with Crippen molar-refractivity contribution in [2.45, 2.75) is 0 Å². The van der Waals surface area contributed by atoms with Gasteiger partial charge in [-0.2, -0.15) is 0 Å². The molecule has 0 spiro atoms. The van der Waals surface area contributed by atoms with E-state index in [9.17, 15) is 4.79 Å². The molecule has 1 aromatic rings. The highest BCUT2D eigenvalue weighted by atomic mass is 35.5. The summed E-state index contributed by atoms with van der Waals surface area (Å²) in [6, 6.07) is 4.67. The summed E-state index contributed by atoms with van der Waals surface area (Å²) in [6.45, 7) is 0. The SMILES string of the molecule is O=C/C(=C\O)c1ccc(Cl)cc1Cl. The highest BCUT2D eigenvalue weighted by Gasteiger charge is 2.05. The molecular formula is C9H6Cl2O2. The summed E-state index contributed by atoms with van der Waals surface area (Å²) >= 11 is 11.4. The molecule has 0 bridgehead atoms. The van der Waals surface area contributed by atoms with E-state index in [4.69, 9.17) is 28.3 Å². The first-order chi connectivity index (χ1) is 6.19. The zero-order chi connectivity index (χ0) is 9.84. The molecule has 68 valence electrons. The fourth-order valence-corrected chi connectivity index (χ4v) is 1.40. The smallest absolute Gasteiger partial charge is 0.153 e. The van der Waals surface area contributed by atoms with Gasteiger partial charge in [-0.15, -0.1) is 0 Å². The van der Waals surface area contributed by atoms with E-state index >= 15 is 0 Å². The minimum atomic E-state index is 0.127. The van der Waals surface area contributed by atoms with Gasteiger partial charge in [-0.25, -0.2) is 0 Å². The number of benzene rings is 1. The molecule has 1 N–H and O–H groups in total. The number of carbonyl (C=O) groups excluding carboxylic acids is 1. The summed E-state index contributed by atoms with van der Waals surface area (Å²) in [4.78, 5) is 10.5. The van der Waals surface area contributed by atoms with Crippen molar-refractivity contribution in [1.82, 2.24) is 0 Å². The van der Waals surface area contributed by atoms with Crippen molar-refractivity contribution in [3.05, 3.63) is 40.1 Å². The average Bonchev–Trinajstić information content (AvgIpc) is 2.10. The van der Waals surface area contributed by atoms with E-state index in [1.165, 1.54) is 6.07 Å². The number of hydrogen-bond donors (Lipinski definition) is 1. The predicted molar refractivity (Wildman–Crippen MR) is 53.1 cm³/mol. The molecule has 1 aromatic carbocycles. The molecule has 0 saturated carbocycles. The predicted octanol–water partition coefficient (Wildman–Crippen LogP) is 3.09. The van der Waals surface area contributed by atoms with Gasteiger partial charge in [-0.3, -0.25) is 4.79 Å². The van der Waals surface area contributed by atoms with Crippen LogP contribution in [0.2, 0.25) is 10.0 Å². The monoisotopic (exact) mass is 216 g/mol. The van der Waals surface area contributed by atoms with Crippen molar-refractivity contribution in [3.8, 4) is 0 Å². The third kappa shape index (κ3) is 2.23. The quantitative estimate of drug-likeness (QED) is 0.469. The molecular weight excluding hydrogens is 211 g/mol. The van der Waals surface area contributed by atoms with E-state index in [0.717, 1.165) is 0 Å². The van der Waals surface area contributed by atoms with Crippen LogP contribution < -0.4 is 0 Å². The van der Waals surface area contributed by atoms with Crippen LogP contribution in [0.5, 0.6) is 0 Å². The molecule has 0 aliphatic rings. The lowest BCUT2D eigenvalue weighted by Gasteiger charge is -2.01. The van der Waals surface area contributed by atoms with Crippen molar-refractivity contribution in [2.75, 3.05) is 0 Å². The average molecular weight is 217 g/mol. The van der Waals surface area contributed by atoms with Crippen molar-refractivity contribution >= 4 is 35.1 Å². The summed E-state index contributed by atoms with van der Waals surface area (Å²) in [7, 11) is 0. The first-order valence-electron chi connectivity index (χ1n) is 3.44. The van der Waals surface area contributed by atoms with Gasteiger partial charge in [0.2, 0.25) is 0 Å². The Morgan fingerprint density at radius 3 is 2.54 bits per heavy atom. The molecule has 1 rings (SSSR count). The van der Waals surface area contributed by atoms with Gasteiger partial charge in [0.05, 0.1) is 16.9 Å². The third-order valence-corrected chi connectivity index (χ3v) is 2.06. The van der Waals surface area contributed by atoms with Gasteiger partial charge < -0.3 is 5.11 Å². The van der Waals surface area contributed by atoms with Crippen molar-refractivity contribution in [2.24, 2.45) is 0 Å². The lowest BCUT2D eigenvalue weighted by Crippen LogP contribution is -1.87. The van der Waals surface area contributed by atoms with Gasteiger partial charge in [-0.05, 0) is 12.1 Å². The summed E-state index contributed by atoms with van der Waals surface area (Å²) in [6.07, 6.45) is 1.23. The second kappa shape index (κ2) is 4.30. The Hall–Kier alpha value is -0.990. The van der Waals surface area contributed by atoms with Gasteiger partial charge >= 0.3 is 0 Å². The van der Waals surface area contributed by atoms with E-state index < -0.39 is 0 Å². The number of aliphatic hydroxyl groups is 1. The van der Waals surface area contributed by atoms with Crippen LogP contribution in [0.3, 0.4) is 0 Å². The van der Waals surface area contributed by atoms with Crippen LogP contribution in [-0.4, -0.2) is 11.4 Å². The maximum atomic E-state index is 10.5. The Labute approximate surface area is 85.4 Å².